The summed E-state index contributed by atoms with van der Waals surface area (Å²) < 4.78 is 0. The lowest BCUT2D eigenvalue weighted by Crippen LogP contribution is -2.36. The van der Waals surface area contributed by atoms with Gasteiger partial charge in [0.25, 0.3) is 0 Å². The smallest absolute Gasteiger partial charge is 0.232 e. The normalized spacial score (nSPS) is 13.9. The summed E-state index contributed by atoms with van der Waals surface area (Å²) in [5, 5.41) is 2.84. The van der Waals surface area contributed by atoms with Crippen LogP contribution < -0.4 is 5.32 Å². The topological polar surface area (TPSA) is 49.4 Å². The summed E-state index contributed by atoms with van der Waals surface area (Å²) >= 11 is 0. The third-order valence-electron chi connectivity index (χ3n) is 3.20. The number of hydrogen-bond acceptors (Lipinski definition) is 2. The van der Waals surface area contributed by atoms with Crippen molar-refractivity contribution in [2.75, 3.05) is 6.54 Å². The van der Waals surface area contributed by atoms with Crippen LogP contribution in [0, 0.1) is 0 Å². The molecule has 1 aliphatic rings. The minimum Gasteiger partial charge on any atom is -0.353 e. The van der Waals surface area contributed by atoms with Gasteiger partial charge < -0.3 is 10.2 Å². The number of rotatable bonds is 6. The number of amides is 2. The monoisotopic (exact) mass is 260 g/mol. The Bertz CT molecular complexity index is 441. The highest BCUT2D eigenvalue weighted by molar-refractivity contribution is 5.97. The van der Waals surface area contributed by atoms with Gasteiger partial charge >= 0.3 is 0 Å². The summed E-state index contributed by atoms with van der Waals surface area (Å²) in [5.74, 6) is -0.261. The fourth-order valence-corrected chi connectivity index (χ4v) is 1.94. The van der Waals surface area contributed by atoms with Gasteiger partial charge in [0.15, 0.2) is 0 Å². The number of nitrogens with one attached hydrogen (secondary N) is 1. The van der Waals surface area contributed by atoms with Gasteiger partial charge in [-0.05, 0) is 25.3 Å². The molecule has 0 saturated heterocycles. The summed E-state index contributed by atoms with van der Waals surface area (Å²) in [6, 6.07) is 10.1. The molecular weight excluding hydrogens is 240 g/mol. The summed E-state index contributed by atoms with van der Waals surface area (Å²) in [7, 11) is 0. The van der Waals surface area contributed by atoms with Crippen molar-refractivity contribution in [3.05, 3.63) is 35.9 Å². The molecule has 1 N–H and O–H groups in total. The Morgan fingerprint density at radius 2 is 1.95 bits per heavy atom. The zero-order chi connectivity index (χ0) is 13.7. The van der Waals surface area contributed by atoms with Crippen molar-refractivity contribution in [2.45, 2.75) is 38.8 Å². The maximum atomic E-state index is 12.1. The van der Waals surface area contributed by atoms with Gasteiger partial charge in [-0.1, -0.05) is 30.3 Å². The van der Waals surface area contributed by atoms with Crippen molar-refractivity contribution in [1.29, 1.82) is 0 Å². The van der Waals surface area contributed by atoms with E-state index in [0.717, 1.165) is 18.4 Å². The molecule has 19 heavy (non-hydrogen) atoms. The molecule has 0 atom stereocenters. The van der Waals surface area contributed by atoms with E-state index in [4.69, 9.17) is 0 Å². The molecule has 4 nitrogen and oxygen atoms in total. The number of benzene rings is 1. The second-order valence-electron chi connectivity index (χ2n) is 4.91. The van der Waals surface area contributed by atoms with Crippen LogP contribution in [0.3, 0.4) is 0 Å². The summed E-state index contributed by atoms with van der Waals surface area (Å²) in [4.78, 5) is 25.4. The molecule has 1 aliphatic carbocycles. The van der Waals surface area contributed by atoms with Crippen LogP contribution in [-0.2, 0) is 16.1 Å². The van der Waals surface area contributed by atoms with Crippen LogP contribution >= 0.6 is 0 Å². The molecule has 1 fully saturated rings. The highest BCUT2D eigenvalue weighted by atomic mass is 16.2. The van der Waals surface area contributed by atoms with Crippen molar-refractivity contribution in [3.8, 4) is 0 Å². The van der Waals surface area contributed by atoms with E-state index in [0.29, 0.717) is 19.1 Å². The Balaban J connectivity index is 1.85. The van der Waals surface area contributed by atoms with Crippen LogP contribution in [0.15, 0.2) is 30.3 Å². The number of carbonyl (C=O) groups is 2. The fourth-order valence-electron chi connectivity index (χ4n) is 1.94. The number of hydrogen-bond donors (Lipinski definition) is 1. The summed E-state index contributed by atoms with van der Waals surface area (Å²) in [5.41, 5.74) is 1.08. The SMILES string of the molecule is CCN(Cc1ccccc1)C(=O)CC(=O)NC1CC1. The van der Waals surface area contributed by atoms with Gasteiger partial charge in [-0.25, -0.2) is 0 Å². The minimum atomic E-state index is -0.154. The van der Waals surface area contributed by atoms with Crippen LogP contribution in [0.1, 0.15) is 31.7 Å². The Morgan fingerprint density at radius 3 is 2.53 bits per heavy atom. The van der Waals surface area contributed by atoms with Gasteiger partial charge in [0, 0.05) is 19.1 Å². The van der Waals surface area contributed by atoms with Gasteiger partial charge in [-0.15, -0.1) is 0 Å². The maximum absolute atomic E-state index is 12.1. The first-order valence-electron chi connectivity index (χ1n) is 6.80. The Hall–Kier alpha value is -1.84. The van der Waals surface area contributed by atoms with Crippen molar-refractivity contribution >= 4 is 11.8 Å². The van der Waals surface area contributed by atoms with E-state index in [2.05, 4.69) is 5.32 Å². The molecule has 102 valence electrons. The van der Waals surface area contributed by atoms with Gasteiger partial charge in [0.05, 0.1) is 0 Å². The first-order chi connectivity index (χ1) is 9.19. The third-order valence-corrected chi connectivity index (χ3v) is 3.20. The minimum absolute atomic E-state index is 0.0445. The Labute approximate surface area is 113 Å². The predicted molar refractivity (Wildman–Crippen MR) is 73.3 cm³/mol. The second kappa shape index (κ2) is 6.36. The lowest BCUT2D eigenvalue weighted by molar-refractivity contribution is -0.136. The first-order valence-corrected chi connectivity index (χ1v) is 6.80. The molecule has 4 heteroatoms. The molecule has 0 aliphatic heterocycles. The third kappa shape index (κ3) is 4.39. The van der Waals surface area contributed by atoms with Crippen LogP contribution in [0.4, 0.5) is 0 Å². The molecule has 0 aromatic heterocycles. The fraction of sp³-hybridized carbons (Fsp3) is 0.467. The zero-order valence-corrected chi connectivity index (χ0v) is 11.3. The molecule has 1 saturated carbocycles. The molecule has 0 bridgehead atoms. The van der Waals surface area contributed by atoms with E-state index >= 15 is 0 Å². The molecule has 1 aromatic rings. The molecule has 1 aromatic carbocycles. The summed E-state index contributed by atoms with van der Waals surface area (Å²) in [6.07, 6.45) is 2.04. The van der Waals surface area contributed by atoms with E-state index in [9.17, 15) is 9.59 Å². The largest absolute Gasteiger partial charge is 0.353 e. The van der Waals surface area contributed by atoms with Crippen LogP contribution in [0.5, 0.6) is 0 Å². The lowest BCUT2D eigenvalue weighted by Gasteiger charge is -2.20. The van der Waals surface area contributed by atoms with Crippen LogP contribution in [-0.4, -0.2) is 29.3 Å². The van der Waals surface area contributed by atoms with E-state index in [1.165, 1.54) is 0 Å². The predicted octanol–water partition coefficient (Wildman–Crippen LogP) is 1.70. The van der Waals surface area contributed by atoms with Crippen molar-refractivity contribution in [1.82, 2.24) is 10.2 Å². The Morgan fingerprint density at radius 1 is 1.26 bits per heavy atom. The standard InChI is InChI=1S/C15H20N2O2/c1-2-17(11-12-6-4-3-5-7-12)15(19)10-14(18)16-13-8-9-13/h3-7,13H,2,8-11H2,1H3,(H,16,18). The molecule has 0 spiro atoms. The van der Waals surface area contributed by atoms with Gasteiger partial charge in [0.1, 0.15) is 6.42 Å². The molecule has 2 rings (SSSR count). The van der Waals surface area contributed by atoms with Crippen molar-refractivity contribution in [2.24, 2.45) is 0 Å². The molecular formula is C15H20N2O2. The van der Waals surface area contributed by atoms with Gasteiger partial charge in [0.2, 0.25) is 11.8 Å². The zero-order valence-electron chi connectivity index (χ0n) is 11.3. The first kappa shape index (κ1) is 13.6. The van der Waals surface area contributed by atoms with E-state index < -0.39 is 0 Å². The van der Waals surface area contributed by atoms with Crippen molar-refractivity contribution < 1.29 is 9.59 Å². The highest BCUT2D eigenvalue weighted by Gasteiger charge is 2.25. The number of carbonyl (C=O) groups excluding carboxylic acids is 2. The van der Waals surface area contributed by atoms with Gasteiger partial charge in [-0.2, -0.15) is 0 Å². The van der Waals surface area contributed by atoms with E-state index in [1.54, 1.807) is 4.90 Å². The van der Waals surface area contributed by atoms with Crippen molar-refractivity contribution in [3.63, 3.8) is 0 Å². The van der Waals surface area contributed by atoms with E-state index in [-0.39, 0.29) is 18.2 Å². The molecule has 2 amide bonds. The number of nitrogens with zero attached hydrogens (tertiary/aromatic N) is 1. The van der Waals surface area contributed by atoms with Gasteiger partial charge in [-0.3, -0.25) is 9.59 Å². The lowest BCUT2D eigenvalue weighted by atomic mass is 10.2. The average molecular weight is 260 g/mol. The second-order valence-corrected chi connectivity index (χ2v) is 4.91. The Kier molecular flexibility index (Phi) is 4.55. The van der Waals surface area contributed by atoms with Crippen LogP contribution in [0.25, 0.3) is 0 Å². The molecule has 0 heterocycles. The average Bonchev–Trinajstić information content (AvgIpc) is 3.20. The molecule has 0 radical (unpaired) electrons. The summed E-state index contributed by atoms with van der Waals surface area (Å²) in [6.45, 7) is 3.11. The van der Waals surface area contributed by atoms with Crippen LogP contribution in [0.2, 0.25) is 0 Å². The quantitative estimate of drug-likeness (QED) is 0.791. The molecule has 0 unspecified atom stereocenters. The highest BCUT2D eigenvalue weighted by Crippen LogP contribution is 2.18. The maximum Gasteiger partial charge on any atom is 0.232 e. The van der Waals surface area contributed by atoms with E-state index in [1.807, 2.05) is 37.3 Å².